The molecule has 0 spiro atoms. The maximum absolute atomic E-state index is 13.4. The van der Waals surface area contributed by atoms with Crippen molar-refractivity contribution < 1.29 is 4.79 Å². The second-order valence-corrected chi connectivity index (χ2v) is 9.74. The zero-order valence-electron chi connectivity index (χ0n) is 19.9. The summed E-state index contributed by atoms with van der Waals surface area (Å²) < 4.78 is 0. The molecule has 0 aliphatic carbocycles. The Balaban J connectivity index is 1.40. The molecule has 34 heavy (non-hydrogen) atoms. The predicted molar refractivity (Wildman–Crippen MR) is 134 cm³/mol. The molecule has 0 radical (unpaired) electrons. The monoisotopic (exact) mass is 451 g/mol. The molecule has 6 heteroatoms. The fraction of sp³-hybridized carbons (Fsp3) is 0.321. The summed E-state index contributed by atoms with van der Waals surface area (Å²) in [6.45, 7) is 8.30. The van der Waals surface area contributed by atoms with Gasteiger partial charge in [0, 0.05) is 59.4 Å². The minimum absolute atomic E-state index is 0.0720. The minimum atomic E-state index is 0.0720. The van der Waals surface area contributed by atoms with Gasteiger partial charge in [-0.25, -0.2) is 4.98 Å². The number of fused-ring (bicyclic) bond motifs is 2. The predicted octanol–water partition coefficient (Wildman–Crippen LogP) is 5.13. The lowest BCUT2D eigenvalue weighted by Crippen LogP contribution is -2.26. The number of aryl methyl sites for hydroxylation is 3. The van der Waals surface area contributed by atoms with Gasteiger partial charge in [0.1, 0.15) is 5.65 Å². The van der Waals surface area contributed by atoms with E-state index in [1.54, 1.807) is 0 Å². The van der Waals surface area contributed by atoms with Crippen LogP contribution in [0.5, 0.6) is 0 Å². The molecule has 1 aromatic carbocycles. The Kier molecular flexibility index (Phi) is 4.99. The summed E-state index contributed by atoms with van der Waals surface area (Å²) in [6, 6.07) is 10.9. The number of aromatic amines is 1. The number of aromatic nitrogens is 3. The normalized spacial score (nSPS) is 17.5. The van der Waals surface area contributed by atoms with Gasteiger partial charge in [-0.2, -0.15) is 0 Å². The number of amides is 1. The van der Waals surface area contributed by atoms with Crippen LogP contribution in [0.15, 0.2) is 42.7 Å². The highest BCUT2D eigenvalue weighted by molar-refractivity contribution is 5.95. The number of nitrogens with zero attached hydrogens (tertiary/aromatic N) is 3. The first kappa shape index (κ1) is 21.1. The van der Waals surface area contributed by atoms with Crippen molar-refractivity contribution in [3.8, 4) is 11.1 Å². The largest absolute Gasteiger partial charge is 0.346 e. The molecule has 1 fully saturated rings. The van der Waals surface area contributed by atoms with E-state index in [1.165, 1.54) is 34.2 Å². The summed E-state index contributed by atoms with van der Waals surface area (Å²) >= 11 is 0. The summed E-state index contributed by atoms with van der Waals surface area (Å²) in [6.07, 6.45) is 6.26. The Morgan fingerprint density at radius 3 is 2.62 bits per heavy atom. The smallest absolute Gasteiger partial charge is 0.254 e. The van der Waals surface area contributed by atoms with Crippen LogP contribution in [0.3, 0.4) is 0 Å². The number of nitrogens with one attached hydrogen (secondary N) is 2. The van der Waals surface area contributed by atoms with Crippen molar-refractivity contribution in [2.75, 3.05) is 6.54 Å². The molecule has 0 bridgehead atoms. The third kappa shape index (κ3) is 3.59. The number of rotatable bonds is 3. The van der Waals surface area contributed by atoms with Crippen LogP contribution >= 0.6 is 0 Å². The van der Waals surface area contributed by atoms with Crippen LogP contribution in [0.25, 0.3) is 22.2 Å². The lowest BCUT2D eigenvalue weighted by atomic mass is 9.91. The SMILES string of the molecule is Cc1cc(C(=O)N2Cc3cc(-c4cnc5[nH]cc(C)c5c4)cc(C4CCCN4)c3C2)cc(C)n1. The van der Waals surface area contributed by atoms with Crippen molar-refractivity contribution in [3.05, 3.63) is 81.9 Å². The van der Waals surface area contributed by atoms with E-state index in [0.717, 1.165) is 46.5 Å². The van der Waals surface area contributed by atoms with Crippen molar-refractivity contribution in [3.63, 3.8) is 0 Å². The van der Waals surface area contributed by atoms with Gasteiger partial charge in [0.25, 0.3) is 5.91 Å². The van der Waals surface area contributed by atoms with Gasteiger partial charge in [-0.1, -0.05) is 0 Å². The van der Waals surface area contributed by atoms with Gasteiger partial charge in [0.05, 0.1) is 0 Å². The lowest BCUT2D eigenvalue weighted by Gasteiger charge is -2.18. The minimum Gasteiger partial charge on any atom is -0.346 e. The zero-order chi connectivity index (χ0) is 23.4. The summed E-state index contributed by atoms with van der Waals surface area (Å²) in [4.78, 5) is 27.7. The van der Waals surface area contributed by atoms with Crippen LogP contribution in [0.4, 0.5) is 0 Å². The Morgan fingerprint density at radius 2 is 1.85 bits per heavy atom. The van der Waals surface area contributed by atoms with Gasteiger partial charge < -0.3 is 15.2 Å². The molecule has 1 amide bonds. The fourth-order valence-corrected chi connectivity index (χ4v) is 5.55. The maximum atomic E-state index is 13.4. The average molecular weight is 452 g/mol. The van der Waals surface area contributed by atoms with E-state index in [1.807, 2.05) is 43.3 Å². The van der Waals surface area contributed by atoms with Crippen molar-refractivity contribution in [1.29, 1.82) is 0 Å². The number of hydrogen-bond acceptors (Lipinski definition) is 4. The van der Waals surface area contributed by atoms with Gasteiger partial charge >= 0.3 is 0 Å². The van der Waals surface area contributed by atoms with Crippen LogP contribution in [0, 0.1) is 20.8 Å². The molecule has 2 aliphatic heterocycles. The molecule has 172 valence electrons. The van der Waals surface area contributed by atoms with Gasteiger partial charge in [0.15, 0.2) is 0 Å². The summed E-state index contributed by atoms with van der Waals surface area (Å²) in [7, 11) is 0. The molecular weight excluding hydrogens is 422 g/mol. The first-order valence-corrected chi connectivity index (χ1v) is 12.0. The molecule has 6 rings (SSSR count). The molecule has 1 unspecified atom stereocenters. The number of carbonyl (C=O) groups excluding carboxylic acids is 1. The molecule has 2 aliphatic rings. The van der Waals surface area contributed by atoms with E-state index in [9.17, 15) is 4.79 Å². The highest BCUT2D eigenvalue weighted by atomic mass is 16.2. The Morgan fingerprint density at radius 1 is 1.03 bits per heavy atom. The number of pyridine rings is 2. The quantitative estimate of drug-likeness (QED) is 0.453. The highest BCUT2D eigenvalue weighted by Crippen LogP contribution is 2.38. The Bertz CT molecular complexity index is 1410. The van der Waals surface area contributed by atoms with Crippen molar-refractivity contribution in [2.24, 2.45) is 0 Å². The number of hydrogen-bond donors (Lipinski definition) is 2. The molecule has 6 nitrogen and oxygen atoms in total. The Labute approximate surface area is 199 Å². The van der Waals surface area contributed by atoms with E-state index in [0.29, 0.717) is 19.1 Å². The first-order valence-electron chi connectivity index (χ1n) is 12.0. The van der Waals surface area contributed by atoms with Crippen molar-refractivity contribution in [2.45, 2.75) is 52.7 Å². The molecule has 3 aromatic heterocycles. The summed E-state index contributed by atoms with van der Waals surface area (Å²) in [5.74, 6) is 0.0720. The van der Waals surface area contributed by atoms with Crippen molar-refractivity contribution >= 4 is 16.9 Å². The molecule has 1 atom stereocenters. The topological polar surface area (TPSA) is 73.9 Å². The third-order valence-electron chi connectivity index (χ3n) is 7.21. The molecular formula is C28H29N5O. The number of carbonyl (C=O) groups is 1. The van der Waals surface area contributed by atoms with Crippen LogP contribution in [0.1, 0.15) is 62.9 Å². The van der Waals surface area contributed by atoms with E-state index >= 15 is 0 Å². The van der Waals surface area contributed by atoms with Crippen LogP contribution in [0.2, 0.25) is 0 Å². The second kappa shape index (κ2) is 8.06. The second-order valence-electron chi connectivity index (χ2n) is 9.74. The highest BCUT2D eigenvalue weighted by Gasteiger charge is 2.30. The lowest BCUT2D eigenvalue weighted by molar-refractivity contribution is 0.0750. The molecule has 0 saturated carbocycles. The maximum Gasteiger partial charge on any atom is 0.254 e. The van der Waals surface area contributed by atoms with Crippen LogP contribution in [-0.4, -0.2) is 32.3 Å². The Hall–Kier alpha value is -3.51. The summed E-state index contributed by atoms with van der Waals surface area (Å²) in [5.41, 5.74) is 10.7. The van der Waals surface area contributed by atoms with E-state index < -0.39 is 0 Å². The van der Waals surface area contributed by atoms with Gasteiger partial charge in [-0.15, -0.1) is 0 Å². The molecule has 4 aromatic rings. The third-order valence-corrected chi connectivity index (χ3v) is 7.21. The number of H-pyrrole nitrogens is 1. The van der Waals surface area contributed by atoms with Gasteiger partial charge in [-0.05, 0) is 98.3 Å². The average Bonchev–Trinajstić information content (AvgIpc) is 3.57. The zero-order valence-corrected chi connectivity index (χ0v) is 19.9. The van der Waals surface area contributed by atoms with Gasteiger partial charge in [-0.3, -0.25) is 9.78 Å². The molecule has 1 saturated heterocycles. The standard InChI is InChI=1S/C28H29N5O/c1-16-12-30-27-23(16)11-21(13-31-27)19-9-22-14-33(28(34)20-7-17(2)32-18(3)8-20)15-25(22)24(10-19)26-5-4-6-29-26/h7-13,26,29H,4-6,14-15H2,1-3H3,(H,30,31). The summed E-state index contributed by atoms with van der Waals surface area (Å²) in [5, 5.41) is 4.83. The van der Waals surface area contributed by atoms with Crippen LogP contribution in [-0.2, 0) is 13.1 Å². The van der Waals surface area contributed by atoms with Crippen molar-refractivity contribution in [1.82, 2.24) is 25.2 Å². The molecule has 5 heterocycles. The number of benzene rings is 1. The fourth-order valence-electron chi connectivity index (χ4n) is 5.55. The van der Waals surface area contributed by atoms with E-state index in [2.05, 4.69) is 45.4 Å². The van der Waals surface area contributed by atoms with Crippen LogP contribution < -0.4 is 5.32 Å². The van der Waals surface area contributed by atoms with Gasteiger partial charge in [0.2, 0.25) is 0 Å². The molecule has 2 N–H and O–H groups in total. The van der Waals surface area contributed by atoms with E-state index in [4.69, 9.17) is 0 Å². The van der Waals surface area contributed by atoms with E-state index in [-0.39, 0.29) is 5.91 Å². The first-order chi connectivity index (χ1) is 16.5.